The molecule has 1 atom stereocenters. The van der Waals surface area contributed by atoms with Gasteiger partial charge in [-0.2, -0.15) is 10.2 Å². The molecule has 0 bridgehead atoms. The van der Waals surface area contributed by atoms with Crippen LogP contribution in [0.5, 0.6) is 0 Å². The van der Waals surface area contributed by atoms with E-state index in [-0.39, 0.29) is 0 Å². The van der Waals surface area contributed by atoms with E-state index in [0.717, 1.165) is 17.8 Å². The smallest absolute Gasteiger partial charge is 0.0889 e. The van der Waals surface area contributed by atoms with Crippen LogP contribution in [0.4, 0.5) is 0 Å². The van der Waals surface area contributed by atoms with E-state index in [1.807, 2.05) is 20.8 Å². The fourth-order valence-electron chi connectivity index (χ4n) is 1.55. The minimum Gasteiger partial charge on any atom is -0.155 e. The molecule has 2 rings (SSSR count). The first-order chi connectivity index (χ1) is 6.77. The van der Waals surface area contributed by atoms with Crippen molar-refractivity contribution in [2.45, 2.75) is 40.0 Å². The number of aromatic nitrogens is 2. The Bertz CT molecular complexity index is 329. The molecule has 1 aliphatic carbocycles. The third-order valence-electron chi connectivity index (χ3n) is 2.27. The Hall–Kier alpha value is -1.18. The zero-order chi connectivity index (χ0) is 10.6. The molecule has 1 aliphatic rings. The first kappa shape index (κ1) is 10.9. The maximum Gasteiger partial charge on any atom is 0.0889 e. The lowest BCUT2D eigenvalue weighted by molar-refractivity contribution is 0.749. The fourth-order valence-corrected chi connectivity index (χ4v) is 1.55. The highest BCUT2D eigenvalue weighted by molar-refractivity contribution is 5.53. The molecule has 0 aromatic carbocycles. The summed E-state index contributed by atoms with van der Waals surface area (Å²) in [6.07, 6.45) is 5.34. The summed E-state index contributed by atoms with van der Waals surface area (Å²) in [4.78, 5) is 0. The Morgan fingerprint density at radius 3 is 2.71 bits per heavy atom. The minimum absolute atomic E-state index is 0.596. The van der Waals surface area contributed by atoms with Crippen LogP contribution in [0.25, 0.3) is 6.08 Å². The van der Waals surface area contributed by atoms with Gasteiger partial charge in [0.05, 0.1) is 11.4 Å². The zero-order valence-electron chi connectivity index (χ0n) is 9.41. The van der Waals surface area contributed by atoms with Gasteiger partial charge in [0, 0.05) is 0 Å². The van der Waals surface area contributed by atoms with Crippen molar-refractivity contribution in [3.8, 4) is 0 Å². The third-order valence-corrected chi connectivity index (χ3v) is 2.27. The molecule has 0 radical (unpaired) electrons. The summed E-state index contributed by atoms with van der Waals surface area (Å²) < 4.78 is 0. The van der Waals surface area contributed by atoms with Gasteiger partial charge >= 0.3 is 0 Å². The molecule has 0 saturated heterocycles. The molecule has 0 saturated carbocycles. The number of aryl methyl sites for hydroxylation is 1. The number of nitrogens with zero attached hydrogens (tertiary/aromatic N) is 2. The quantitative estimate of drug-likeness (QED) is 0.627. The molecule has 1 unspecified atom stereocenters. The average molecular weight is 190 g/mol. The number of allylic oxidation sites excluding steroid dienone is 1. The predicted molar refractivity (Wildman–Crippen MR) is 60.2 cm³/mol. The number of rotatable bonds is 0. The summed E-state index contributed by atoms with van der Waals surface area (Å²) in [6.45, 7) is 8.21. The van der Waals surface area contributed by atoms with Crippen molar-refractivity contribution in [1.29, 1.82) is 0 Å². The Morgan fingerprint density at radius 1 is 1.29 bits per heavy atom. The Kier molecular flexibility index (Phi) is 3.81. The van der Waals surface area contributed by atoms with Gasteiger partial charge in [0.15, 0.2) is 0 Å². The molecular weight excluding hydrogens is 172 g/mol. The second-order valence-corrected chi connectivity index (χ2v) is 3.37. The maximum absolute atomic E-state index is 4.13. The second kappa shape index (κ2) is 4.89. The molecule has 0 spiro atoms. The van der Waals surface area contributed by atoms with E-state index in [4.69, 9.17) is 0 Å². The van der Waals surface area contributed by atoms with Crippen LogP contribution in [0, 0.1) is 6.92 Å². The molecule has 0 aliphatic heterocycles. The van der Waals surface area contributed by atoms with Crippen LogP contribution in [0.1, 0.15) is 50.1 Å². The van der Waals surface area contributed by atoms with Crippen molar-refractivity contribution in [3.63, 3.8) is 0 Å². The highest BCUT2D eigenvalue weighted by Gasteiger charge is 2.13. The SMILES string of the molecule is CC.Cc1cc2c(nn1)C=CCC2C. The van der Waals surface area contributed by atoms with Gasteiger partial charge in [-0.05, 0) is 37.0 Å². The number of hydrogen-bond acceptors (Lipinski definition) is 2. The van der Waals surface area contributed by atoms with Gasteiger partial charge in [-0.15, -0.1) is 0 Å². The standard InChI is InChI=1S/C10H12N2.C2H6/c1-7-4-3-5-10-9(7)6-8(2)11-12-10;1-2/h3,5-7H,4H2,1-2H3;1-2H3. The Balaban J connectivity index is 0.000000461. The molecule has 2 nitrogen and oxygen atoms in total. The topological polar surface area (TPSA) is 25.8 Å². The lowest BCUT2D eigenvalue weighted by Gasteiger charge is -2.15. The fraction of sp³-hybridized carbons (Fsp3) is 0.500. The number of hydrogen-bond donors (Lipinski definition) is 0. The first-order valence-electron chi connectivity index (χ1n) is 5.28. The molecular formula is C12H18N2. The van der Waals surface area contributed by atoms with E-state index in [9.17, 15) is 0 Å². The van der Waals surface area contributed by atoms with Crippen LogP contribution in [-0.4, -0.2) is 10.2 Å². The van der Waals surface area contributed by atoms with Crippen LogP contribution in [-0.2, 0) is 0 Å². The van der Waals surface area contributed by atoms with Crippen LogP contribution < -0.4 is 0 Å². The lowest BCUT2D eigenvalue weighted by Crippen LogP contribution is -2.04. The first-order valence-corrected chi connectivity index (χ1v) is 5.28. The van der Waals surface area contributed by atoms with Crippen LogP contribution in [0.2, 0.25) is 0 Å². The summed E-state index contributed by atoms with van der Waals surface area (Å²) in [5, 5.41) is 8.16. The Labute approximate surface area is 86.1 Å². The van der Waals surface area contributed by atoms with Gasteiger partial charge in [-0.3, -0.25) is 0 Å². The van der Waals surface area contributed by atoms with E-state index in [1.165, 1.54) is 5.56 Å². The maximum atomic E-state index is 4.13. The molecule has 1 aromatic rings. The van der Waals surface area contributed by atoms with Crippen molar-refractivity contribution in [3.05, 3.63) is 29.1 Å². The van der Waals surface area contributed by atoms with E-state index < -0.39 is 0 Å². The van der Waals surface area contributed by atoms with E-state index in [0.29, 0.717) is 5.92 Å². The molecule has 0 fully saturated rings. The lowest BCUT2D eigenvalue weighted by atomic mass is 9.92. The van der Waals surface area contributed by atoms with E-state index in [1.54, 1.807) is 0 Å². The van der Waals surface area contributed by atoms with Crippen molar-refractivity contribution >= 4 is 6.08 Å². The minimum atomic E-state index is 0.596. The van der Waals surface area contributed by atoms with E-state index >= 15 is 0 Å². The van der Waals surface area contributed by atoms with Gasteiger partial charge in [0.25, 0.3) is 0 Å². The molecule has 76 valence electrons. The predicted octanol–water partition coefficient (Wildman–Crippen LogP) is 3.33. The molecule has 1 heterocycles. The van der Waals surface area contributed by atoms with Gasteiger partial charge in [-0.25, -0.2) is 0 Å². The van der Waals surface area contributed by atoms with Crippen molar-refractivity contribution in [2.75, 3.05) is 0 Å². The van der Waals surface area contributed by atoms with E-state index in [2.05, 4.69) is 35.3 Å². The monoisotopic (exact) mass is 190 g/mol. The summed E-state index contributed by atoms with van der Waals surface area (Å²) >= 11 is 0. The highest BCUT2D eigenvalue weighted by atomic mass is 15.1. The third kappa shape index (κ3) is 2.19. The van der Waals surface area contributed by atoms with Crippen LogP contribution >= 0.6 is 0 Å². The molecule has 0 N–H and O–H groups in total. The van der Waals surface area contributed by atoms with Crippen LogP contribution in [0.3, 0.4) is 0 Å². The summed E-state index contributed by atoms with van der Waals surface area (Å²) in [7, 11) is 0. The average Bonchev–Trinajstić information content (AvgIpc) is 2.22. The summed E-state index contributed by atoms with van der Waals surface area (Å²) in [5.74, 6) is 0.596. The normalized spacial score (nSPS) is 18.1. The van der Waals surface area contributed by atoms with Crippen molar-refractivity contribution in [1.82, 2.24) is 10.2 Å². The zero-order valence-corrected chi connectivity index (χ0v) is 9.41. The second-order valence-electron chi connectivity index (χ2n) is 3.37. The van der Waals surface area contributed by atoms with Gasteiger partial charge < -0.3 is 0 Å². The molecule has 14 heavy (non-hydrogen) atoms. The molecule has 1 aromatic heterocycles. The van der Waals surface area contributed by atoms with Crippen molar-refractivity contribution in [2.24, 2.45) is 0 Å². The highest BCUT2D eigenvalue weighted by Crippen LogP contribution is 2.27. The number of fused-ring (bicyclic) bond motifs is 1. The largest absolute Gasteiger partial charge is 0.155 e. The van der Waals surface area contributed by atoms with Gasteiger partial charge in [0.2, 0.25) is 0 Å². The molecule has 0 amide bonds. The van der Waals surface area contributed by atoms with Crippen molar-refractivity contribution < 1.29 is 0 Å². The summed E-state index contributed by atoms with van der Waals surface area (Å²) in [5.41, 5.74) is 3.39. The van der Waals surface area contributed by atoms with Gasteiger partial charge in [-0.1, -0.05) is 26.8 Å². The molecule has 2 heteroatoms. The summed E-state index contributed by atoms with van der Waals surface area (Å²) in [6, 6.07) is 2.14. The van der Waals surface area contributed by atoms with Gasteiger partial charge in [0.1, 0.15) is 0 Å². The Morgan fingerprint density at radius 2 is 2.00 bits per heavy atom. The van der Waals surface area contributed by atoms with Crippen LogP contribution in [0.15, 0.2) is 12.1 Å².